The van der Waals surface area contributed by atoms with E-state index in [1.165, 1.54) is 0 Å². The van der Waals surface area contributed by atoms with E-state index in [1.54, 1.807) is 14.2 Å². The zero-order valence-electron chi connectivity index (χ0n) is 16.2. The second-order valence-electron chi connectivity index (χ2n) is 6.82. The predicted octanol–water partition coefficient (Wildman–Crippen LogP) is 3.66. The van der Waals surface area contributed by atoms with Crippen molar-refractivity contribution in [2.45, 2.75) is 0 Å². The van der Waals surface area contributed by atoms with Crippen molar-refractivity contribution in [1.29, 1.82) is 0 Å². The highest BCUT2D eigenvalue weighted by Crippen LogP contribution is 2.42. The van der Waals surface area contributed by atoms with Crippen molar-refractivity contribution < 1.29 is 18.9 Å². The topological polar surface area (TPSA) is 87.9 Å². The van der Waals surface area contributed by atoms with Crippen LogP contribution in [0.15, 0.2) is 36.4 Å². The maximum Gasteiger partial charge on any atom is 0.231 e. The number of hydrogen-bond donors (Lipinski definition) is 2. The van der Waals surface area contributed by atoms with Crippen LogP contribution in [0.3, 0.4) is 0 Å². The molecule has 3 aromatic carbocycles. The summed E-state index contributed by atoms with van der Waals surface area (Å²) in [6.07, 6.45) is 0. The van der Waals surface area contributed by atoms with Crippen molar-refractivity contribution in [2.75, 3.05) is 39.4 Å². The molecule has 0 saturated heterocycles. The molecule has 0 saturated carbocycles. The van der Waals surface area contributed by atoms with Gasteiger partial charge in [0.1, 0.15) is 5.82 Å². The third-order valence-electron chi connectivity index (χ3n) is 5.21. The third-order valence-corrected chi connectivity index (χ3v) is 5.21. The lowest BCUT2D eigenvalue weighted by Crippen LogP contribution is -2.14. The van der Waals surface area contributed by atoms with Crippen molar-refractivity contribution in [1.82, 2.24) is 4.98 Å². The monoisotopic (exact) mass is 391 g/mol. The van der Waals surface area contributed by atoms with Gasteiger partial charge in [0.15, 0.2) is 23.0 Å². The largest absolute Gasteiger partial charge is 0.493 e. The first-order chi connectivity index (χ1) is 14.2. The molecule has 148 valence electrons. The van der Waals surface area contributed by atoms with Gasteiger partial charge in [0.2, 0.25) is 6.79 Å². The Morgan fingerprint density at radius 3 is 2.38 bits per heavy atom. The number of methoxy groups -OCH3 is 2. The Morgan fingerprint density at radius 2 is 1.66 bits per heavy atom. The van der Waals surface area contributed by atoms with Gasteiger partial charge in [-0.1, -0.05) is 12.1 Å². The summed E-state index contributed by atoms with van der Waals surface area (Å²) in [5.41, 5.74) is 6.60. The summed E-state index contributed by atoms with van der Waals surface area (Å²) in [5.74, 6) is 3.56. The van der Waals surface area contributed by atoms with Gasteiger partial charge >= 0.3 is 0 Å². The number of ether oxygens (including phenoxy) is 4. The first-order valence-electron chi connectivity index (χ1n) is 9.39. The van der Waals surface area contributed by atoms with Crippen LogP contribution in [-0.2, 0) is 0 Å². The Morgan fingerprint density at radius 1 is 0.931 bits per heavy atom. The molecule has 7 heteroatoms. The first kappa shape index (κ1) is 17.6. The zero-order valence-corrected chi connectivity index (χ0v) is 16.2. The summed E-state index contributed by atoms with van der Waals surface area (Å²) < 4.78 is 22.1. The minimum atomic E-state index is 0.236. The molecule has 1 aromatic heterocycles. The highest BCUT2D eigenvalue weighted by atomic mass is 16.7. The molecule has 5 rings (SSSR count). The molecule has 4 aromatic rings. The van der Waals surface area contributed by atoms with E-state index < -0.39 is 0 Å². The van der Waals surface area contributed by atoms with Crippen LogP contribution < -0.4 is 30.0 Å². The molecule has 0 amide bonds. The summed E-state index contributed by atoms with van der Waals surface area (Å²) >= 11 is 0. The molecule has 0 fully saturated rings. The van der Waals surface area contributed by atoms with E-state index in [0.29, 0.717) is 24.6 Å². The zero-order chi connectivity index (χ0) is 20.0. The molecule has 3 N–H and O–H groups in total. The number of aromatic nitrogens is 1. The standard InChI is InChI=1S/C22H21N3O4/c1-26-17-9-15-13-4-3-12-7-19-20(29-11-28-19)8-14(12)21(13)25-22(24-6-5-23)16(15)10-18(17)27-2/h3-4,7-10H,5-6,11,23H2,1-2H3,(H,24,25). The van der Waals surface area contributed by atoms with Crippen molar-refractivity contribution in [3.8, 4) is 23.0 Å². The fraction of sp³-hybridized carbons (Fsp3) is 0.227. The van der Waals surface area contributed by atoms with E-state index in [-0.39, 0.29) is 6.79 Å². The second-order valence-corrected chi connectivity index (χ2v) is 6.82. The van der Waals surface area contributed by atoms with Gasteiger partial charge in [-0.25, -0.2) is 4.98 Å². The molecule has 29 heavy (non-hydrogen) atoms. The lowest BCUT2D eigenvalue weighted by molar-refractivity contribution is 0.174. The average molecular weight is 391 g/mol. The number of nitrogens with one attached hydrogen (secondary N) is 1. The normalized spacial score (nSPS) is 12.7. The maximum absolute atomic E-state index is 5.72. The van der Waals surface area contributed by atoms with Gasteiger partial charge in [0.25, 0.3) is 0 Å². The number of hydrogen-bond acceptors (Lipinski definition) is 7. The summed E-state index contributed by atoms with van der Waals surface area (Å²) in [7, 11) is 3.26. The highest BCUT2D eigenvalue weighted by Gasteiger charge is 2.18. The smallest absolute Gasteiger partial charge is 0.231 e. The molecule has 0 spiro atoms. The summed E-state index contributed by atoms with van der Waals surface area (Å²) in [4.78, 5) is 4.97. The van der Waals surface area contributed by atoms with E-state index >= 15 is 0 Å². The Balaban J connectivity index is 1.88. The number of rotatable bonds is 5. The number of benzene rings is 3. The SMILES string of the molecule is COc1cc2c(NCCN)nc3c4cc5c(cc4ccc3c2cc1OC)OCO5. The van der Waals surface area contributed by atoms with E-state index in [0.717, 1.165) is 49.8 Å². The van der Waals surface area contributed by atoms with Crippen LogP contribution in [0.2, 0.25) is 0 Å². The van der Waals surface area contributed by atoms with E-state index in [9.17, 15) is 0 Å². The number of anilines is 1. The minimum absolute atomic E-state index is 0.236. The molecular formula is C22H21N3O4. The van der Waals surface area contributed by atoms with Crippen LogP contribution in [0.1, 0.15) is 0 Å². The van der Waals surface area contributed by atoms with Gasteiger partial charge in [0.05, 0.1) is 19.7 Å². The van der Waals surface area contributed by atoms with Crippen LogP contribution in [0, 0.1) is 0 Å². The maximum atomic E-state index is 5.72. The molecule has 7 nitrogen and oxygen atoms in total. The highest BCUT2D eigenvalue weighted by molar-refractivity contribution is 6.18. The molecule has 0 radical (unpaired) electrons. The van der Waals surface area contributed by atoms with Crippen LogP contribution in [0.4, 0.5) is 5.82 Å². The van der Waals surface area contributed by atoms with Crippen molar-refractivity contribution >= 4 is 38.3 Å². The van der Waals surface area contributed by atoms with E-state index in [2.05, 4.69) is 17.4 Å². The minimum Gasteiger partial charge on any atom is -0.493 e. The van der Waals surface area contributed by atoms with Gasteiger partial charge in [-0.2, -0.15) is 0 Å². The Kier molecular flexibility index (Phi) is 4.17. The molecule has 1 aliphatic heterocycles. The average Bonchev–Trinajstić information content (AvgIpc) is 3.22. The fourth-order valence-electron chi connectivity index (χ4n) is 3.83. The number of nitrogens with zero attached hydrogens (tertiary/aromatic N) is 1. The van der Waals surface area contributed by atoms with Gasteiger partial charge in [-0.05, 0) is 35.0 Å². The number of fused-ring (bicyclic) bond motifs is 6. The predicted molar refractivity (Wildman–Crippen MR) is 114 cm³/mol. The third kappa shape index (κ3) is 2.74. The molecular weight excluding hydrogens is 370 g/mol. The Bertz CT molecular complexity index is 1260. The van der Waals surface area contributed by atoms with Gasteiger partial charge in [-0.15, -0.1) is 0 Å². The lowest BCUT2D eigenvalue weighted by atomic mass is 10.00. The van der Waals surface area contributed by atoms with Gasteiger partial charge in [-0.3, -0.25) is 0 Å². The summed E-state index contributed by atoms with van der Waals surface area (Å²) in [5, 5.41) is 8.37. The van der Waals surface area contributed by atoms with Crippen LogP contribution in [-0.4, -0.2) is 39.1 Å². The van der Waals surface area contributed by atoms with E-state index in [1.807, 2.05) is 24.3 Å². The molecule has 0 atom stereocenters. The van der Waals surface area contributed by atoms with Crippen molar-refractivity contribution in [2.24, 2.45) is 5.73 Å². The van der Waals surface area contributed by atoms with Crippen LogP contribution >= 0.6 is 0 Å². The molecule has 0 unspecified atom stereocenters. The Hall–Kier alpha value is -3.45. The van der Waals surface area contributed by atoms with Crippen molar-refractivity contribution in [3.63, 3.8) is 0 Å². The quantitative estimate of drug-likeness (QED) is 0.502. The second kappa shape index (κ2) is 6.86. The van der Waals surface area contributed by atoms with Crippen molar-refractivity contribution in [3.05, 3.63) is 36.4 Å². The molecule has 2 heterocycles. The first-order valence-corrected chi connectivity index (χ1v) is 9.39. The molecule has 0 aliphatic carbocycles. The molecule has 0 bridgehead atoms. The molecule has 1 aliphatic rings. The fourth-order valence-corrected chi connectivity index (χ4v) is 3.83. The number of pyridine rings is 1. The lowest BCUT2D eigenvalue weighted by Gasteiger charge is -2.16. The Labute approximate surface area is 167 Å². The van der Waals surface area contributed by atoms with E-state index in [4.69, 9.17) is 29.7 Å². The number of nitrogens with two attached hydrogens (primary N) is 1. The van der Waals surface area contributed by atoms with Gasteiger partial charge in [0, 0.05) is 29.2 Å². The summed E-state index contributed by atoms with van der Waals surface area (Å²) in [6.45, 7) is 1.35. The van der Waals surface area contributed by atoms with Crippen LogP contribution in [0.25, 0.3) is 32.4 Å². The van der Waals surface area contributed by atoms with Crippen LogP contribution in [0.5, 0.6) is 23.0 Å². The van der Waals surface area contributed by atoms with Gasteiger partial charge < -0.3 is 30.0 Å². The summed E-state index contributed by atoms with van der Waals surface area (Å²) in [6, 6.07) is 12.1.